The Morgan fingerprint density at radius 3 is 2.61 bits per heavy atom. The molecule has 1 saturated heterocycles. The van der Waals surface area contributed by atoms with Crippen LogP contribution in [0.5, 0.6) is 0 Å². The highest BCUT2D eigenvalue weighted by molar-refractivity contribution is 5.79. The molecule has 0 radical (unpaired) electrons. The quantitative estimate of drug-likeness (QED) is 0.729. The second-order valence-electron chi connectivity index (χ2n) is 10.5. The number of nitrogens with zero attached hydrogens (tertiary/aromatic N) is 4. The third-order valence-corrected chi connectivity index (χ3v) is 8.52. The molecule has 6 rings (SSSR count). The number of nitrogens with one attached hydrogen (secondary N) is 1. The second kappa shape index (κ2) is 8.75. The van der Waals surface area contributed by atoms with Gasteiger partial charge in [0.25, 0.3) is 5.56 Å². The van der Waals surface area contributed by atoms with E-state index < -0.39 is 0 Å². The van der Waals surface area contributed by atoms with Crippen LogP contribution in [-0.4, -0.2) is 56.0 Å². The van der Waals surface area contributed by atoms with Gasteiger partial charge in [-0.1, -0.05) is 25.0 Å². The van der Waals surface area contributed by atoms with E-state index in [0.717, 1.165) is 87.3 Å². The van der Waals surface area contributed by atoms with Gasteiger partial charge in [0.1, 0.15) is 0 Å². The number of hydrogen-bond donors (Lipinski definition) is 1. The molecule has 2 aliphatic heterocycles. The molecular weight excluding hydrogens is 414 g/mol. The van der Waals surface area contributed by atoms with Crippen molar-refractivity contribution in [2.75, 3.05) is 19.6 Å². The molecule has 2 aromatic heterocycles. The Hall–Kier alpha value is -2.41. The molecule has 0 aromatic carbocycles. The first kappa shape index (κ1) is 21.1. The van der Waals surface area contributed by atoms with Gasteiger partial charge in [-0.25, -0.2) is 9.50 Å². The molecule has 4 heterocycles. The summed E-state index contributed by atoms with van der Waals surface area (Å²) in [6.45, 7) is 3.35. The van der Waals surface area contributed by atoms with Crippen LogP contribution in [0.15, 0.2) is 23.0 Å². The summed E-state index contributed by atoms with van der Waals surface area (Å²) in [5, 5.41) is 3.39. The highest BCUT2D eigenvalue weighted by atomic mass is 16.2. The number of carbonyl (C=O) groups is 1. The van der Waals surface area contributed by atoms with Crippen molar-refractivity contribution in [2.24, 2.45) is 5.92 Å². The molecule has 4 aliphatic rings. The van der Waals surface area contributed by atoms with Gasteiger partial charge in [-0.05, 0) is 44.9 Å². The molecule has 1 N–H and O–H groups in total. The number of aromatic amines is 1. The van der Waals surface area contributed by atoms with Crippen molar-refractivity contribution in [3.05, 3.63) is 45.5 Å². The number of H-pyrrole nitrogens is 1. The Morgan fingerprint density at radius 2 is 1.85 bits per heavy atom. The van der Waals surface area contributed by atoms with Crippen LogP contribution in [0.1, 0.15) is 80.7 Å². The Labute approximate surface area is 194 Å². The Morgan fingerprint density at radius 1 is 1.03 bits per heavy atom. The van der Waals surface area contributed by atoms with Crippen molar-refractivity contribution in [2.45, 2.75) is 82.7 Å². The van der Waals surface area contributed by atoms with E-state index in [-0.39, 0.29) is 11.5 Å². The van der Waals surface area contributed by atoms with E-state index >= 15 is 0 Å². The first-order valence-electron chi connectivity index (χ1n) is 13.0. The SMILES string of the molecule is O=C([C@@H]1CC=CCC1)N1CCC(c2cc3nc4c(c(=O)n3[nH]2)CN(C2CCCC2)CC4)CC1. The predicted molar refractivity (Wildman–Crippen MR) is 127 cm³/mol. The first-order chi connectivity index (χ1) is 16.2. The highest BCUT2D eigenvalue weighted by Gasteiger charge is 2.31. The van der Waals surface area contributed by atoms with Crippen molar-refractivity contribution >= 4 is 11.6 Å². The van der Waals surface area contributed by atoms with Crippen LogP contribution in [0.2, 0.25) is 0 Å². The zero-order chi connectivity index (χ0) is 22.4. The molecule has 1 amide bonds. The van der Waals surface area contributed by atoms with Gasteiger partial charge in [-0.15, -0.1) is 0 Å². The molecule has 2 aromatic rings. The lowest BCUT2D eigenvalue weighted by molar-refractivity contribution is -0.136. The van der Waals surface area contributed by atoms with Gasteiger partial charge in [0.05, 0.1) is 11.3 Å². The monoisotopic (exact) mass is 449 g/mol. The summed E-state index contributed by atoms with van der Waals surface area (Å²) in [5.74, 6) is 0.831. The Balaban J connectivity index is 1.17. The summed E-state index contributed by atoms with van der Waals surface area (Å²) < 4.78 is 1.66. The Bertz CT molecular complexity index is 1120. The second-order valence-corrected chi connectivity index (χ2v) is 10.5. The third kappa shape index (κ3) is 3.94. The van der Waals surface area contributed by atoms with Crippen molar-refractivity contribution in [3.63, 3.8) is 0 Å². The molecule has 1 saturated carbocycles. The van der Waals surface area contributed by atoms with Gasteiger partial charge >= 0.3 is 0 Å². The lowest BCUT2D eigenvalue weighted by Crippen LogP contribution is -2.41. The van der Waals surface area contributed by atoms with E-state index in [0.29, 0.717) is 17.9 Å². The highest BCUT2D eigenvalue weighted by Crippen LogP contribution is 2.31. The Kier molecular flexibility index (Phi) is 5.60. The van der Waals surface area contributed by atoms with E-state index in [9.17, 15) is 9.59 Å². The molecule has 0 bridgehead atoms. The third-order valence-electron chi connectivity index (χ3n) is 8.52. The maximum Gasteiger partial charge on any atom is 0.277 e. The molecule has 0 spiro atoms. The average Bonchev–Trinajstić information content (AvgIpc) is 3.55. The van der Waals surface area contributed by atoms with E-state index in [1.807, 2.05) is 0 Å². The minimum Gasteiger partial charge on any atom is -0.342 e. The zero-order valence-electron chi connectivity index (χ0n) is 19.5. The topological polar surface area (TPSA) is 73.7 Å². The molecular formula is C26H35N5O2. The summed E-state index contributed by atoms with van der Waals surface area (Å²) in [6.07, 6.45) is 15.1. The summed E-state index contributed by atoms with van der Waals surface area (Å²) in [6, 6.07) is 2.70. The summed E-state index contributed by atoms with van der Waals surface area (Å²) in [4.78, 5) is 35.7. The smallest absolute Gasteiger partial charge is 0.277 e. The van der Waals surface area contributed by atoms with Crippen molar-refractivity contribution in [1.82, 2.24) is 24.4 Å². The molecule has 1 atom stereocenters. The molecule has 33 heavy (non-hydrogen) atoms. The number of amides is 1. The summed E-state index contributed by atoms with van der Waals surface area (Å²) in [7, 11) is 0. The van der Waals surface area contributed by atoms with E-state index in [4.69, 9.17) is 4.98 Å². The van der Waals surface area contributed by atoms with Crippen LogP contribution in [0.4, 0.5) is 0 Å². The fourth-order valence-corrected chi connectivity index (χ4v) is 6.50. The lowest BCUT2D eigenvalue weighted by atomic mass is 9.90. The number of rotatable bonds is 3. The van der Waals surface area contributed by atoms with Gasteiger partial charge in [0.15, 0.2) is 5.65 Å². The zero-order valence-corrected chi connectivity index (χ0v) is 19.5. The number of likely N-dealkylation sites (tertiary alicyclic amines) is 1. The van der Waals surface area contributed by atoms with Crippen LogP contribution >= 0.6 is 0 Å². The van der Waals surface area contributed by atoms with Crippen LogP contribution in [0.25, 0.3) is 5.65 Å². The van der Waals surface area contributed by atoms with Gasteiger partial charge in [-0.2, -0.15) is 0 Å². The number of piperidine rings is 1. The maximum atomic E-state index is 13.4. The number of allylic oxidation sites excluding steroid dienone is 2. The van der Waals surface area contributed by atoms with Gasteiger partial charge in [0, 0.05) is 62.2 Å². The molecule has 7 heteroatoms. The lowest BCUT2D eigenvalue weighted by Gasteiger charge is -2.34. The van der Waals surface area contributed by atoms with Crippen molar-refractivity contribution in [1.29, 1.82) is 0 Å². The number of hydrogen-bond acceptors (Lipinski definition) is 4. The average molecular weight is 450 g/mol. The number of carbonyl (C=O) groups excluding carboxylic acids is 1. The molecule has 2 aliphatic carbocycles. The molecule has 0 unspecified atom stereocenters. The van der Waals surface area contributed by atoms with Gasteiger partial charge in [-0.3, -0.25) is 19.6 Å². The minimum atomic E-state index is 0.0712. The molecule has 2 fully saturated rings. The normalized spacial score (nSPS) is 25.1. The standard InChI is InChI=1S/C26H35N5O2/c32-25(19-6-2-1-3-7-19)29-13-10-18(11-14-29)23-16-24-27-22-12-15-30(20-8-4-5-9-20)17-21(22)26(33)31(24)28-23/h1-2,16,18-20,28H,3-15,17H2/t19-/m1/s1. The first-order valence-corrected chi connectivity index (χ1v) is 13.0. The van der Waals surface area contributed by atoms with Gasteiger partial charge in [0.2, 0.25) is 5.91 Å². The van der Waals surface area contributed by atoms with Crippen LogP contribution < -0.4 is 5.56 Å². The minimum absolute atomic E-state index is 0.0712. The predicted octanol–water partition coefficient (Wildman–Crippen LogP) is 3.39. The fourth-order valence-electron chi connectivity index (χ4n) is 6.50. The largest absolute Gasteiger partial charge is 0.342 e. The van der Waals surface area contributed by atoms with E-state index in [1.54, 1.807) is 4.52 Å². The maximum absolute atomic E-state index is 13.4. The molecule has 7 nitrogen and oxygen atoms in total. The van der Waals surface area contributed by atoms with Crippen molar-refractivity contribution < 1.29 is 4.79 Å². The summed E-state index contributed by atoms with van der Waals surface area (Å²) in [5.41, 5.74) is 3.77. The number of aromatic nitrogens is 3. The van der Waals surface area contributed by atoms with E-state index in [1.165, 1.54) is 25.7 Å². The summed E-state index contributed by atoms with van der Waals surface area (Å²) >= 11 is 0. The van der Waals surface area contributed by atoms with Gasteiger partial charge < -0.3 is 4.90 Å². The van der Waals surface area contributed by atoms with Crippen LogP contribution in [0.3, 0.4) is 0 Å². The van der Waals surface area contributed by atoms with Crippen molar-refractivity contribution in [3.8, 4) is 0 Å². The molecule has 176 valence electrons. The number of fused-ring (bicyclic) bond motifs is 2. The van der Waals surface area contributed by atoms with Crippen LogP contribution in [0, 0.1) is 5.92 Å². The van der Waals surface area contributed by atoms with E-state index in [2.05, 4.69) is 33.1 Å². The van der Waals surface area contributed by atoms with Crippen LogP contribution in [-0.2, 0) is 17.8 Å². The fraction of sp³-hybridized carbons (Fsp3) is 0.654.